The van der Waals surface area contributed by atoms with Gasteiger partial charge in [-0.05, 0) is 18.2 Å². The molecule has 12 heavy (non-hydrogen) atoms. The summed E-state index contributed by atoms with van der Waals surface area (Å²) in [5.41, 5.74) is 0. The zero-order chi connectivity index (χ0) is 9.35. The minimum Gasteiger partial charge on any atom is -0.744 e. The largest absolute Gasteiger partial charge is 0.744 e. The Morgan fingerprint density at radius 1 is 1.17 bits per heavy atom. The maximum Gasteiger partial charge on any atom is 0.160 e. The summed E-state index contributed by atoms with van der Waals surface area (Å²) in [4.78, 5) is -0.776. The minimum absolute atomic E-state index is 0.345. The van der Waals surface area contributed by atoms with Crippen molar-refractivity contribution in [2.24, 2.45) is 0 Å². The Balaban J connectivity index is 3.33. The van der Waals surface area contributed by atoms with E-state index in [-0.39, 0.29) is 0 Å². The average Bonchev–Trinajstić information content (AvgIpc) is 1.92. The fraction of sp³-hybridized carbons (Fsp3) is 0. The summed E-state index contributed by atoms with van der Waals surface area (Å²) in [6, 6.07) is 1.64. The second-order valence-electron chi connectivity index (χ2n) is 2.03. The molecule has 0 saturated heterocycles. The van der Waals surface area contributed by atoms with Crippen LogP contribution in [0.15, 0.2) is 23.1 Å². The van der Waals surface area contributed by atoms with Gasteiger partial charge in [0, 0.05) is 0 Å². The van der Waals surface area contributed by atoms with Crippen LogP contribution in [0.5, 0.6) is 0 Å². The molecule has 0 N–H and O–H groups in total. The fourth-order valence-electron chi connectivity index (χ4n) is 0.632. The van der Waals surface area contributed by atoms with Gasteiger partial charge in [-0.15, -0.1) is 0 Å². The standard InChI is InChI=1S/C6H4F2O3S/c7-5-2-1-4(3-6(5)8)12(9,10)11/h1-3H,(H,9,10,11)/p-1. The van der Waals surface area contributed by atoms with Gasteiger partial charge in [0.1, 0.15) is 10.1 Å². The molecule has 3 nitrogen and oxygen atoms in total. The van der Waals surface area contributed by atoms with Crippen LogP contribution in [0, 0.1) is 11.6 Å². The Morgan fingerprint density at radius 3 is 2.17 bits per heavy atom. The van der Waals surface area contributed by atoms with E-state index in [0.29, 0.717) is 18.2 Å². The molecule has 66 valence electrons. The minimum atomic E-state index is -4.70. The average molecular weight is 193 g/mol. The highest BCUT2D eigenvalue weighted by Crippen LogP contribution is 2.12. The smallest absolute Gasteiger partial charge is 0.160 e. The molecular formula is C6H3F2O3S-. The molecule has 0 radical (unpaired) electrons. The normalized spacial score (nSPS) is 11.6. The lowest BCUT2D eigenvalue weighted by atomic mass is 10.3. The second-order valence-corrected chi connectivity index (χ2v) is 3.41. The lowest BCUT2D eigenvalue weighted by Crippen LogP contribution is -1.99. The van der Waals surface area contributed by atoms with Gasteiger partial charge < -0.3 is 4.55 Å². The van der Waals surface area contributed by atoms with E-state index in [9.17, 15) is 21.8 Å². The highest BCUT2D eigenvalue weighted by atomic mass is 32.2. The van der Waals surface area contributed by atoms with Crippen molar-refractivity contribution in [1.29, 1.82) is 0 Å². The van der Waals surface area contributed by atoms with Gasteiger partial charge in [-0.3, -0.25) is 0 Å². The Labute approximate surface area is 67.4 Å². The van der Waals surface area contributed by atoms with Crippen LogP contribution in [-0.2, 0) is 10.1 Å². The summed E-state index contributed by atoms with van der Waals surface area (Å²) in [5, 5.41) is 0. The maximum absolute atomic E-state index is 12.3. The molecule has 0 saturated carbocycles. The molecule has 0 unspecified atom stereocenters. The van der Waals surface area contributed by atoms with Gasteiger partial charge in [-0.2, -0.15) is 0 Å². The lowest BCUT2D eigenvalue weighted by Gasteiger charge is -2.05. The van der Waals surface area contributed by atoms with Gasteiger partial charge >= 0.3 is 0 Å². The third-order valence-electron chi connectivity index (χ3n) is 1.18. The molecule has 0 aliphatic rings. The maximum atomic E-state index is 12.3. The predicted octanol–water partition coefficient (Wildman–Crippen LogP) is 0.869. The molecule has 1 rings (SSSR count). The molecule has 0 aliphatic heterocycles. The van der Waals surface area contributed by atoms with Gasteiger partial charge in [-0.25, -0.2) is 17.2 Å². The first kappa shape index (κ1) is 9.08. The molecule has 1 aromatic carbocycles. The Bertz CT molecular complexity index is 399. The van der Waals surface area contributed by atoms with Crippen molar-refractivity contribution >= 4 is 10.1 Å². The van der Waals surface area contributed by atoms with E-state index < -0.39 is 26.6 Å². The van der Waals surface area contributed by atoms with E-state index in [1.54, 1.807) is 0 Å². The van der Waals surface area contributed by atoms with Crippen LogP contribution in [-0.4, -0.2) is 13.0 Å². The molecule has 0 heterocycles. The van der Waals surface area contributed by atoms with Crippen molar-refractivity contribution in [2.45, 2.75) is 4.90 Å². The molecule has 0 atom stereocenters. The summed E-state index contributed by atoms with van der Waals surface area (Å²) in [5.74, 6) is -2.55. The van der Waals surface area contributed by atoms with Crippen LogP contribution in [0.1, 0.15) is 0 Å². The molecule has 0 fully saturated rings. The molecule has 0 amide bonds. The summed E-state index contributed by atoms with van der Waals surface area (Å²) in [7, 11) is -4.70. The van der Waals surface area contributed by atoms with E-state index in [2.05, 4.69) is 0 Å². The monoisotopic (exact) mass is 193 g/mol. The predicted molar refractivity (Wildman–Crippen MR) is 34.3 cm³/mol. The second kappa shape index (κ2) is 2.80. The third kappa shape index (κ3) is 1.77. The third-order valence-corrected chi connectivity index (χ3v) is 2.01. The molecule has 6 heteroatoms. The lowest BCUT2D eigenvalue weighted by molar-refractivity contribution is 0.459. The molecule has 0 aliphatic carbocycles. The van der Waals surface area contributed by atoms with Gasteiger partial charge in [0.25, 0.3) is 0 Å². The summed E-state index contributed by atoms with van der Waals surface area (Å²) >= 11 is 0. The van der Waals surface area contributed by atoms with Crippen molar-refractivity contribution in [2.75, 3.05) is 0 Å². The van der Waals surface area contributed by atoms with Gasteiger partial charge in [-0.1, -0.05) is 0 Å². The number of hydrogen-bond acceptors (Lipinski definition) is 3. The van der Waals surface area contributed by atoms with Crippen molar-refractivity contribution in [3.05, 3.63) is 29.8 Å². The van der Waals surface area contributed by atoms with Gasteiger partial charge in [0.05, 0.1) is 4.90 Å². The Hall–Kier alpha value is -1.01. The van der Waals surface area contributed by atoms with Gasteiger partial charge in [0.15, 0.2) is 11.6 Å². The van der Waals surface area contributed by atoms with Crippen LogP contribution in [0.2, 0.25) is 0 Å². The summed E-state index contributed by atoms with van der Waals surface area (Å²) in [6.07, 6.45) is 0. The topological polar surface area (TPSA) is 57.2 Å². The van der Waals surface area contributed by atoms with E-state index in [1.807, 2.05) is 0 Å². The van der Waals surface area contributed by atoms with E-state index in [4.69, 9.17) is 0 Å². The number of halogens is 2. The van der Waals surface area contributed by atoms with E-state index >= 15 is 0 Å². The first-order valence-corrected chi connectivity index (χ1v) is 4.23. The highest BCUT2D eigenvalue weighted by molar-refractivity contribution is 7.85. The number of rotatable bonds is 1. The number of hydrogen-bond donors (Lipinski definition) is 0. The summed E-state index contributed by atoms with van der Waals surface area (Å²) in [6.45, 7) is 0. The zero-order valence-corrected chi connectivity index (χ0v) is 6.44. The molecule has 0 spiro atoms. The molecule has 1 aromatic rings. The van der Waals surface area contributed by atoms with Crippen LogP contribution in [0.4, 0.5) is 8.78 Å². The van der Waals surface area contributed by atoms with E-state index in [0.717, 1.165) is 0 Å². The van der Waals surface area contributed by atoms with Crippen LogP contribution < -0.4 is 0 Å². The Kier molecular flexibility index (Phi) is 2.12. The Morgan fingerprint density at radius 2 is 1.75 bits per heavy atom. The van der Waals surface area contributed by atoms with Crippen molar-refractivity contribution < 1.29 is 21.8 Å². The fourth-order valence-corrected chi connectivity index (χ4v) is 1.11. The molecular weight excluding hydrogens is 190 g/mol. The van der Waals surface area contributed by atoms with Crippen LogP contribution in [0.3, 0.4) is 0 Å². The quantitative estimate of drug-likeness (QED) is 0.622. The zero-order valence-electron chi connectivity index (χ0n) is 5.62. The highest BCUT2D eigenvalue weighted by Gasteiger charge is 2.06. The van der Waals surface area contributed by atoms with Crippen LogP contribution >= 0.6 is 0 Å². The van der Waals surface area contributed by atoms with Crippen LogP contribution in [0.25, 0.3) is 0 Å². The first-order valence-electron chi connectivity index (χ1n) is 2.82. The van der Waals surface area contributed by atoms with Gasteiger partial charge in [0.2, 0.25) is 0 Å². The van der Waals surface area contributed by atoms with Crippen molar-refractivity contribution in [3.8, 4) is 0 Å². The van der Waals surface area contributed by atoms with Crippen molar-refractivity contribution in [3.63, 3.8) is 0 Å². The summed E-state index contributed by atoms with van der Waals surface area (Å²) < 4.78 is 55.3. The number of benzene rings is 1. The molecule has 0 aromatic heterocycles. The van der Waals surface area contributed by atoms with Crippen molar-refractivity contribution in [1.82, 2.24) is 0 Å². The first-order chi connectivity index (χ1) is 5.41. The SMILES string of the molecule is O=S(=O)([O-])c1ccc(F)c(F)c1. The van der Waals surface area contributed by atoms with E-state index in [1.165, 1.54) is 0 Å². The molecule has 0 bridgehead atoms.